The summed E-state index contributed by atoms with van der Waals surface area (Å²) in [5.74, 6) is -1.64. The quantitative estimate of drug-likeness (QED) is 0.497. The molecule has 0 saturated carbocycles. The van der Waals surface area contributed by atoms with Crippen LogP contribution in [0.5, 0.6) is 0 Å². The molecule has 1 N–H and O–H groups in total. The van der Waals surface area contributed by atoms with Crippen molar-refractivity contribution < 1.29 is 21.6 Å². The topological polar surface area (TPSA) is 99.9 Å². The van der Waals surface area contributed by atoms with Crippen molar-refractivity contribution in [3.63, 3.8) is 0 Å². The molecule has 0 radical (unpaired) electrons. The monoisotopic (exact) mass is 490 g/mol. The third-order valence-corrected chi connectivity index (χ3v) is 6.75. The molecule has 2 aromatic rings. The zero-order valence-corrected chi connectivity index (χ0v) is 19.6. The van der Waals surface area contributed by atoms with Crippen LogP contribution in [0.1, 0.15) is 39.2 Å². The van der Waals surface area contributed by atoms with E-state index in [2.05, 4.69) is 50.8 Å². The van der Waals surface area contributed by atoms with Crippen LogP contribution >= 0.6 is 11.3 Å². The van der Waals surface area contributed by atoms with Crippen molar-refractivity contribution in [2.24, 2.45) is 16.1 Å². The van der Waals surface area contributed by atoms with Crippen LogP contribution in [0, 0.1) is 5.92 Å². The number of nitrogens with one attached hydrogen (secondary N) is 1. The highest BCUT2D eigenvalue weighted by Crippen LogP contribution is 2.40. The molecule has 0 bridgehead atoms. The van der Waals surface area contributed by atoms with Gasteiger partial charge in [0, 0.05) is 18.3 Å². The Balaban J connectivity index is 2.06. The SMILES string of the molecule is CCC1CCc2cc(N=Nc3nncs3)c(NS(=O)(=O)CC(F)(F)F)cc2N1CC(C)C. The van der Waals surface area contributed by atoms with Crippen molar-refractivity contribution in [3.05, 3.63) is 23.2 Å². The lowest BCUT2D eigenvalue weighted by Gasteiger charge is -2.40. The number of alkyl halides is 3. The minimum atomic E-state index is -4.87. The fourth-order valence-electron chi connectivity index (χ4n) is 3.72. The molecule has 0 fully saturated rings. The Morgan fingerprint density at radius 2 is 2.06 bits per heavy atom. The highest BCUT2D eigenvalue weighted by atomic mass is 32.2. The van der Waals surface area contributed by atoms with E-state index in [1.807, 2.05) is 0 Å². The van der Waals surface area contributed by atoms with Gasteiger partial charge in [0.05, 0.1) is 5.69 Å². The van der Waals surface area contributed by atoms with E-state index in [0.29, 0.717) is 5.92 Å². The van der Waals surface area contributed by atoms with Crippen LogP contribution in [-0.4, -0.2) is 43.1 Å². The maximum atomic E-state index is 12.8. The van der Waals surface area contributed by atoms with Crippen molar-refractivity contribution >= 4 is 43.6 Å². The number of nitrogens with zero attached hydrogens (tertiary/aromatic N) is 5. The molecule has 13 heteroatoms. The van der Waals surface area contributed by atoms with Crippen LogP contribution in [0.25, 0.3) is 0 Å². The van der Waals surface area contributed by atoms with Gasteiger partial charge >= 0.3 is 6.18 Å². The van der Waals surface area contributed by atoms with E-state index in [1.165, 1.54) is 5.51 Å². The van der Waals surface area contributed by atoms with Crippen molar-refractivity contribution in [1.82, 2.24) is 10.2 Å². The maximum Gasteiger partial charge on any atom is 0.404 e. The van der Waals surface area contributed by atoms with Crippen LogP contribution in [0.3, 0.4) is 0 Å². The number of hydrogen-bond donors (Lipinski definition) is 1. The Hall–Kier alpha value is -2.28. The van der Waals surface area contributed by atoms with E-state index in [1.54, 1.807) is 12.1 Å². The van der Waals surface area contributed by atoms with E-state index in [0.717, 1.165) is 48.4 Å². The van der Waals surface area contributed by atoms with Gasteiger partial charge in [-0.3, -0.25) is 4.72 Å². The Bertz CT molecular complexity index is 1060. The molecule has 1 aliphatic rings. The summed E-state index contributed by atoms with van der Waals surface area (Å²) in [6.45, 7) is 6.99. The van der Waals surface area contributed by atoms with Crippen molar-refractivity contribution in [2.75, 3.05) is 21.9 Å². The smallest absolute Gasteiger partial charge is 0.368 e. The molecule has 0 aliphatic carbocycles. The molecule has 1 aliphatic heterocycles. The molecule has 1 atom stereocenters. The molecule has 3 rings (SSSR count). The van der Waals surface area contributed by atoms with Crippen LogP contribution in [-0.2, 0) is 16.4 Å². The van der Waals surface area contributed by atoms with Crippen molar-refractivity contribution in [3.8, 4) is 0 Å². The van der Waals surface area contributed by atoms with Crippen molar-refractivity contribution in [2.45, 2.75) is 52.3 Å². The second-order valence-electron chi connectivity index (χ2n) is 8.04. The van der Waals surface area contributed by atoms with Crippen molar-refractivity contribution in [1.29, 1.82) is 0 Å². The molecule has 0 spiro atoms. The molecule has 1 unspecified atom stereocenters. The summed E-state index contributed by atoms with van der Waals surface area (Å²) < 4.78 is 64.8. The van der Waals surface area contributed by atoms with Crippen LogP contribution < -0.4 is 9.62 Å². The Kier molecular flexibility index (Phi) is 7.38. The van der Waals surface area contributed by atoms with Gasteiger partial charge < -0.3 is 4.90 Å². The molecule has 1 aromatic heterocycles. The minimum absolute atomic E-state index is 0.0493. The summed E-state index contributed by atoms with van der Waals surface area (Å²) in [4.78, 5) is 2.21. The first-order chi connectivity index (χ1) is 15.0. The minimum Gasteiger partial charge on any atom is -0.368 e. The molecule has 32 heavy (non-hydrogen) atoms. The number of anilines is 2. The van der Waals surface area contributed by atoms with E-state index in [9.17, 15) is 21.6 Å². The van der Waals surface area contributed by atoms with Gasteiger partial charge in [0.25, 0.3) is 5.13 Å². The number of hydrogen-bond acceptors (Lipinski definition) is 8. The number of aromatic nitrogens is 2. The van der Waals surface area contributed by atoms with Gasteiger partial charge in [-0.1, -0.05) is 32.1 Å². The lowest BCUT2D eigenvalue weighted by molar-refractivity contribution is -0.106. The number of azo groups is 1. The second kappa shape index (κ2) is 9.69. The fraction of sp³-hybridized carbons (Fsp3) is 0.579. The number of fused-ring (bicyclic) bond motifs is 1. The highest BCUT2D eigenvalue weighted by Gasteiger charge is 2.36. The first kappa shape index (κ1) is 24.4. The van der Waals surface area contributed by atoms with Crippen LogP contribution in [0.15, 0.2) is 27.9 Å². The van der Waals surface area contributed by atoms with E-state index in [-0.39, 0.29) is 22.5 Å². The van der Waals surface area contributed by atoms with Gasteiger partial charge in [-0.05, 0) is 42.9 Å². The number of halogens is 3. The summed E-state index contributed by atoms with van der Waals surface area (Å²) >= 11 is 1.13. The average Bonchev–Trinajstić information content (AvgIpc) is 3.18. The summed E-state index contributed by atoms with van der Waals surface area (Å²) in [5.41, 5.74) is 3.29. The summed E-state index contributed by atoms with van der Waals surface area (Å²) in [7, 11) is -4.69. The van der Waals surface area contributed by atoms with Crippen LogP contribution in [0.4, 0.5) is 35.4 Å². The number of sulfonamides is 1. The Morgan fingerprint density at radius 3 is 2.66 bits per heavy atom. The normalized spacial score (nSPS) is 17.2. The van der Waals surface area contributed by atoms with Gasteiger partial charge in [-0.25, -0.2) is 8.42 Å². The van der Waals surface area contributed by atoms with Gasteiger partial charge in [0.15, 0.2) is 5.75 Å². The lowest BCUT2D eigenvalue weighted by atomic mass is 9.92. The van der Waals surface area contributed by atoms with E-state index < -0.39 is 22.0 Å². The highest BCUT2D eigenvalue weighted by molar-refractivity contribution is 7.92. The van der Waals surface area contributed by atoms with Crippen LogP contribution in [0.2, 0.25) is 0 Å². The molecule has 0 amide bonds. The molecule has 2 heterocycles. The predicted molar refractivity (Wildman–Crippen MR) is 119 cm³/mol. The molecule has 176 valence electrons. The first-order valence-electron chi connectivity index (χ1n) is 10.2. The average molecular weight is 491 g/mol. The zero-order valence-electron chi connectivity index (χ0n) is 17.9. The van der Waals surface area contributed by atoms with E-state index >= 15 is 0 Å². The van der Waals surface area contributed by atoms with E-state index in [4.69, 9.17) is 0 Å². The Labute approximate surface area is 189 Å². The zero-order chi connectivity index (χ0) is 23.5. The number of aryl methyl sites for hydroxylation is 1. The predicted octanol–water partition coefficient (Wildman–Crippen LogP) is 5.44. The first-order valence-corrected chi connectivity index (χ1v) is 12.7. The Morgan fingerprint density at radius 1 is 1.31 bits per heavy atom. The summed E-state index contributed by atoms with van der Waals surface area (Å²) in [6, 6.07) is 3.52. The van der Waals surface area contributed by atoms with Gasteiger partial charge in [0.1, 0.15) is 11.2 Å². The fourth-order valence-corrected chi connectivity index (χ4v) is 5.09. The summed E-state index contributed by atoms with van der Waals surface area (Å²) in [6.07, 6.45) is -2.30. The van der Waals surface area contributed by atoms with Gasteiger partial charge in [-0.15, -0.1) is 20.4 Å². The third kappa shape index (κ3) is 6.37. The number of rotatable bonds is 8. The van der Waals surface area contributed by atoms with Gasteiger partial charge in [0.2, 0.25) is 10.0 Å². The standard InChI is InChI=1S/C19H25F3N6O2S2/c1-4-14-6-5-13-7-15(24-26-18-25-23-11-31-18)16(8-17(13)28(14)9-12(2)3)27-32(29,30)10-19(20,21)22/h7-8,11-12,14,27H,4-6,9-10H2,1-3H3. The summed E-state index contributed by atoms with van der Waals surface area (Å²) in [5, 5.41) is 15.7. The molecular formula is C19H25F3N6O2S2. The second-order valence-corrected chi connectivity index (χ2v) is 10.6. The largest absolute Gasteiger partial charge is 0.404 e. The molecule has 1 aromatic carbocycles. The van der Waals surface area contributed by atoms with Gasteiger partial charge in [-0.2, -0.15) is 13.2 Å². The molecular weight excluding hydrogens is 465 g/mol. The molecule has 0 saturated heterocycles. The number of benzene rings is 1. The lowest BCUT2D eigenvalue weighted by Crippen LogP contribution is -2.41. The maximum absolute atomic E-state index is 12.8. The molecule has 8 nitrogen and oxygen atoms in total. The third-order valence-electron chi connectivity index (χ3n) is 4.94.